The Morgan fingerprint density at radius 2 is 2.35 bits per heavy atom. The lowest BCUT2D eigenvalue weighted by molar-refractivity contribution is 0.290. The summed E-state index contributed by atoms with van der Waals surface area (Å²) in [5.74, 6) is 2.00. The first-order valence-corrected chi connectivity index (χ1v) is 5.92. The lowest BCUT2D eigenvalue weighted by atomic mass is 10.3. The van der Waals surface area contributed by atoms with Crippen LogP contribution in [0.25, 0.3) is 0 Å². The van der Waals surface area contributed by atoms with Crippen LogP contribution in [-0.2, 0) is 0 Å². The Hall–Kier alpha value is -1.71. The van der Waals surface area contributed by atoms with Gasteiger partial charge in [0.1, 0.15) is 5.82 Å². The molecule has 0 atom stereocenters. The minimum atomic E-state index is 0.531. The molecule has 3 N–H and O–H groups in total. The van der Waals surface area contributed by atoms with E-state index in [1.54, 1.807) is 0 Å². The van der Waals surface area contributed by atoms with E-state index in [0.29, 0.717) is 24.0 Å². The smallest absolute Gasteiger partial charge is 0.239 e. The maximum absolute atomic E-state index is 5.82. The molecule has 0 amide bonds. The highest BCUT2D eigenvalue weighted by Crippen LogP contribution is 2.30. The maximum Gasteiger partial charge on any atom is 0.239 e. The largest absolute Gasteiger partial charge is 0.476 e. The van der Waals surface area contributed by atoms with Crippen LogP contribution in [-0.4, -0.2) is 18.1 Å². The average molecular weight is 233 g/mol. The van der Waals surface area contributed by atoms with Gasteiger partial charge in [-0.2, -0.15) is 4.98 Å². The Balaban J connectivity index is 1.97. The number of nitrogen functional groups attached to an aromatic ring is 1. The maximum atomic E-state index is 5.82. The second-order valence-electron chi connectivity index (χ2n) is 4.66. The van der Waals surface area contributed by atoms with Crippen LogP contribution in [0.4, 0.5) is 11.5 Å². The molecular formula is C13H19N3O. The van der Waals surface area contributed by atoms with Crippen molar-refractivity contribution in [1.82, 2.24) is 4.98 Å². The molecule has 1 saturated carbocycles. The summed E-state index contributed by atoms with van der Waals surface area (Å²) in [6, 6.07) is 3.66. The van der Waals surface area contributed by atoms with Crippen molar-refractivity contribution in [3.8, 4) is 5.88 Å². The molecule has 4 nitrogen and oxygen atoms in total. The van der Waals surface area contributed by atoms with Gasteiger partial charge in [-0.05, 0) is 37.8 Å². The molecule has 17 heavy (non-hydrogen) atoms. The van der Waals surface area contributed by atoms with Crippen molar-refractivity contribution in [3.05, 3.63) is 24.3 Å². The lowest BCUT2D eigenvalue weighted by Crippen LogP contribution is -2.07. The normalized spacial score (nSPS) is 14.4. The molecular weight excluding hydrogens is 214 g/mol. The zero-order chi connectivity index (χ0) is 12.3. The van der Waals surface area contributed by atoms with Gasteiger partial charge in [-0.1, -0.05) is 12.2 Å². The molecule has 0 unspecified atom stereocenters. The zero-order valence-corrected chi connectivity index (χ0v) is 10.2. The highest BCUT2D eigenvalue weighted by Gasteiger charge is 2.22. The van der Waals surface area contributed by atoms with Gasteiger partial charge in [-0.15, -0.1) is 0 Å². The van der Waals surface area contributed by atoms with Gasteiger partial charge in [0.15, 0.2) is 0 Å². The molecule has 0 aliphatic heterocycles. The van der Waals surface area contributed by atoms with E-state index in [1.165, 1.54) is 12.8 Å². The number of nitrogens with zero attached hydrogens (tertiary/aromatic N) is 1. The zero-order valence-electron chi connectivity index (χ0n) is 10.2. The summed E-state index contributed by atoms with van der Waals surface area (Å²) >= 11 is 0. The van der Waals surface area contributed by atoms with Gasteiger partial charge in [0.2, 0.25) is 5.88 Å². The third-order valence-corrected chi connectivity index (χ3v) is 2.61. The van der Waals surface area contributed by atoms with Crippen LogP contribution in [0.15, 0.2) is 24.3 Å². The van der Waals surface area contributed by atoms with Crippen molar-refractivity contribution in [2.45, 2.75) is 19.8 Å². The second-order valence-corrected chi connectivity index (χ2v) is 4.66. The van der Waals surface area contributed by atoms with E-state index in [0.717, 1.165) is 18.0 Å². The number of nitrogens with one attached hydrogen (secondary N) is 1. The minimum Gasteiger partial charge on any atom is -0.476 e. The molecule has 0 spiro atoms. The van der Waals surface area contributed by atoms with Gasteiger partial charge in [0.25, 0.3) is 0 Å². The summed E-state index contributed by atoms with van der Waals surface area (Å²) in [5, 5.41) is 3.17. The molecule has 0 radical (unpaired) electrons. The lowest BCUT2D eigenvalue weighted by Gasteiger charge is -2.10. The van der Waals surface area contributed by atoms with E-state index in [1.807, 2.05) is 19.1 Å². The Bertz CT molecular complexity index is 413. The molecule has 4 heteroatoms. The molecule has 0 aromatic carbocycles. The summed E-state index contributed by atoms with van der Waals surface area (Å²) in [7, 11) is 0. The molecule has 1 heterocycles. The molecule has 1 aromatic heterocycles. The first-order valence-electron chi connectivity index (χ1n) is 5.92. The molecule has 0 bridgehead atoms. The topological polar surface area (TPSA) is 60.2 Å². The molecule has 1 fully saturated rings. The first-order chi connectivity index (χ1) is 8.15. The number of pyridine rings is 1. The quantitative estimate of drug-likeness (QED) is 0.741. The SMILES string of the molecule is C=C(C)CNc1ccc(N)c(OCC2CC2)n1. The minimum absolute atomic E-state index is 0.531. The average Bonchev–Trinajstić information content (AvgIpc) is 3.10. The summed E-state index contributed by atoms with van der Waals surface area (Å²) < 4.78 is 5.61. The van der Waals surface area contributed by atoms with E-state index in [-0.39, 0.29) is 0 Å². The first kappa shape index (κ1) is 11.8. The summed E-state index contributed by atoms with van der Waals surface area (Å²) in [4.78, 5) is 4.34. The fourth-order valence-electron chi connectivity index (χ4n) is 1.39. The number of ether oxygens (including phenoxy) is 1. The van der Waals surface area contributed by atoms with Crippen LogP contribution in [0.3, 0.4) is 0 Å². The van der Waals surface area contributed by atoms with Crippen molar-refractivity contribution in [1.29, 1.82) is 0 Å². The van der Waals surface area contributed by atoms with Crippen molar-refractivity contribution < 1.29 is 4.74 Å². The van der Waals surface area contributed by atoms with Gasteiger partial charge in [-0.3, -0.25) is 0 Å². The van der Waals surface area contributed by atoms with Crippen LogP contribution < -0.4 is 15.8 Å². The van der Waals surface area contributed by atoms with E-state index in [2.05, 4.69) is 16.9 Å². The van der Waals surface area contributed by atoms with Crippen LogP contribution in [0.2, 0.25) is 0 Å². The predicted octanol–water partition coefficient (Wildman–Crippen LogP) is 2.44. The van der Waals surface area contributed by atoms with E-state index in [4.69, 9.17) is 10.5 Å². The standard InChI is InChI=1S/C13H19N3O/c1-9(2)7-15-12-6-5-11(14)13(16-12)17-8-10-3-4-10/h5-6,10H,1,3-4,7-8,14H2,2H3,(H,15,16). The highest BCUT2D eigenvalue weighted by molar-refractivity contribution is 5.53. The van der Waals surface area contributed by atoms with Crippen molar-refractivity contribution in [2.75, 3.05) is 24.2 Å². The number of aromatic nitrogens is 1. The summed E-state index contributed by atoms with van der Waals surface area (Å²) in [6.07, 6.45) is 2.51. The van der Waals surface area contributed by atoms with Crippen LogP contribution in [0, 0.1) is 5.92 Å². The Labute approximate surface area is 102 Å². The summed E-state index contributed by atoms with van der Waals surface area (Å²) in [6.45, 7) is 7.23. The van der Waals surface area contributed by atoms with E-state index >= 15 is 0 Å². The Morgan fingerprint density at radius 1 is 1.59 bits per heavy atom. The highest BCUT2D eigenvalue weighted by atomic mass is 16.5. The Kier molecular flexibility index (Phi) is 3.52. The van der Waals surface area contributed by atoms with Crippen molar-refractivity contribution in [2.24, 2.45) is 5.92 Å². The predicted molar refractivity (Wildman–Crippen MR) is 70.2 cm³/mol. The van der Waals surface area contributed by atoms with Gasteiger partial charge in [0, 0.05) is 6.54 Å². The van der Waals surface area contributed by atoms with Gasteiger partial charge >= 0.3 is 0 Å². The van der Waals surface area contributed by atoms with Gasteiger partial charge in [-0.25, -0.2) is 0 Å². The molecule has 92 valence electrons. The summed E-state index contributed by atoms with van der Waals surface area (Å²) in [5.41, 5.74) is 7.47. The number of hydrogen-bond donors (Lipinski definition) is 2. The van der Waals surface area contributed by atoms with E-state index < -0.39 is 0 Å². The van der Waals surface area contributed by atoms with Gasteiger partial charge in [0.05, 0.1) is 12.3 Å². The fraction of sp³-hybridized carbons (Fsp3) is 0.462. The van der Waals surface area contributed by atoms with Crippen molar-refractivity contribution >= 4 is 11.5 Å². The third-order valence-electron chi connectivity index (χ3n) is 2.61. The molecule has 1 aromatic rings. The van der Waals surface area contributed by atoms with Gasteiger partial charge < -0.3 is 15.8 Å². The number of rotatable bonds is 6. The molecule has 2 rings (SSSR count). The monoisotopic (exact) mass is 233 g/mol. The van der Waals surface area contributed by atoms with Crippen LogP contribution >= 0.6 is 0 Å². The number of nitrogens with two attached hydrogens (primary N) is 1. The van der Waals surface area contributed by atoms with Crippen molar-refractivity contribution in [3.63, 3.8) is 0 Å². The molecule has 1 aliphatic carbocycles. The Morgan fingerprint density at radius 3 is 3.00 bits per heavy atom. The van der Waals surface area contributed by atoms with Crippen LogP contribution in [0.5, 0.6) is 5.88 Å². The number of hydrogen-bond acceptors (Lipinski definition) is 4. The molecule has 1 aliphatic rings. The molecule has 0 saturated heterocycles. The third kappa shape index (κ3) is 3.66. The number of anilines is 2. The van der Waals surface area contributed by atoms with E-state index in [9.17, 15) is 0 Å². The fourth-order valence-corrected chi connectivity index (χ4v) is 1.39. The van der Waals surface area contributed by atoms with Crippen LogP contribution in [0.1, 0.15) is 19.8 Å². The second kappa shape index (κ2) is 5.08.